The van der Waals surface area contributed by atoms with Crippen molar-refractivity contribution in [1.29, 1.82) is 0 Å². The Balaban J connectivity index is 2.09. The molecule has 1 heterocycles. The summed E-state index contributed by atoms with van der Waals surface area (Å²) >= 11 is 0. The summed E-state index contributed by atoms with van der Waals surface area (Å²) in [4.78, 5) is 24.2. The van der Waals surface area contributed by atoms with E-state index >= 15 is 0 Å². The lowest BCUT2D eigenvalue weighted by Crippen LogP contribution is -2.30. The van der Waals surface area contributed by atoms with Crippen LogP contribution in [0.5, 0.6) is 5.75 Å². The molecule has 1 aromatic carbocycles. The van der Waals surface area contributed by atoms with E-state index in [1.54, 1.807) is 12.1 Å². The van der Waals surface area contributed by atoms with Gasteiger partial charge in [-0.25, -0.2) is 4.79 Å². The number of cyclic esters (lactones) is 1. The molecule has 1 aliphatic rings. The van der Waals surface area contributed by atoms with Gasteiger partial charge in [0.05, 0.1) is 18.7 Å². The highest BCUT2D eigenvalue weighted by Gasteiger charge is 2.25. The van der Waals surface area contributed by atoms with Crippen LogP contribution in [0.25, 0.3) is 0 Å². The van der Waals surface area contributed by atoms with Crippen LogP contribution in [0.2, 0.25) is 0 Å². The minimum absolute atomic E-state index is 0.0591. The second-order valence-corrected chi connectivity index (χ2v) is 3.48. The molecule has 0 radical (unpaired) electrons. The van der Waals surface area contributed by atoms with Gasteiger partial charge in [0.2, 0.25) is 0 Å². The van der Waals surface area contributed by atoms with Gasteiger partial charge in [-0.3, -0.25) is 9.69 Å². The summed E-state index contributed by atoms with van der Waals surface area (Å²) in [5, 5.41) is 9.47. The number of carbonyl (C=O) groups is 2. The molecule has 2 rings (SSSR count). The zero-order chi connectivity index (χ0) is 11.5. The largest absolute Gasteiger partial charge is 0.507 e. The molecule has 1 saturated heterocycles. The fraction of sp³-hybridized carbons (Fsp3) is 0.273. The summed E-state index contributed by atoms with van der Waals surface area (Å²) in [6, 6.07) is 6.26. The topological polar surface area (TPSA) is 66.8 Å². The fourth-order valence-electron chi connectivity index (χ4n) is 1.54. The SMILES string of the molecule is O=C(CN1CCOC1=O)c1ccccc1O. The number of amides is 1. The van der Waals surface area contributed by atoms with Crippen molar-refractivity contribution >= 4 is 11.9 Å². The van der Waals surface area contributed by atoms with E-state index in [1.165, 1.54) is 17.0 Å². The first kappa shape index (κ1) is 10.5. The van der Waals surface area contributed by atoms with Gasteiger partial charge >= 0.3 is 6.09 Å². The van der Waals surface area contributed by atoms with E-state index in [-0.39, 0.29) is 23.6 Å². The first-order valence-electron chi connectivity index (χ1n) is 4.91. The highest BCUT2D eigenvalue weighted by atomic mass is 16.6. The van der Waals surface area contributed by atoms with Crippen LogP contribution in [0, 0.1) is 0 Å². The summed E-state index contributed by atoms with van der Waals surface area (Å²) in [7, 11) is 0. The Hall–Kier alpha value is -2.04. The average molecular weight is 221 g/mol. The molecule has 1 fully saturated rings. The van der Waals surface area contributed by atoms with E-state index < -0.39 is 6.09 Å². The van der Waals surface area contributed by atoms with E-state index in [0.717, 1.165) is 0 Å². The maximum Gasteiger partial charge on any atom is 0.410 e. The Bertz CT molecular complexity index is 430. The summed E-state index contributed by atoms with van der Waals surface area (Å²) in [5.74, 6) is -0.364. The van der Waals surface area contributed by atoms with Gasteiger partial charge in [0.1, 0.15) is 12.4 Å². The lowest BCUT2D eigenvalue weighted by molar-refractivity contribution is 0.0941. The normalized spacial score (nSPS) is 15.0. The molecule has 5 nitrogen and oxygen atoms in total. The van der Waals surface area contributed by atoms with Crippen molar-refractivity contribution in [2.24, 2.45) is 0 Å². The number of para-hydroxylation sites is 1. The molecule has 0 spiro atoms. The number of nitrogens with zero attached hydrogens (tertiary/aromatic N) is 1. The Kier molecular flexibility index (Phi) is 2.76. The van der Waals surface area contributed by atoms with Crippen LogP contribution in [0.15, 0.2) is 24.3 Å². The van der Waals surface area contributed by atoms with Gasteiger partial charge in [0.15, 0.2) is 5.78 Å². The van der Waals surface area contributed by atoms with Crippen LogP contribution in [-0.2, 0) is 4.74 Å². The maximum absolute atomic E-state index is 11.8. The van der Waals surface area contributed by atoms with E-state index in [0.29, 0.717) is 13.2 Å². The minimum Gasteiger partial charge on any atom is -0.507 e. The van der Waals surface area contributed by atoms with Crippen LogP contribution in [0.3, 0.4) is 0 Å². The van der Waals surface area contributed by atoms with E-state index in [4.69, 9.17) is 4.74 Å². The molecule has 0 saturated carbocycles. The maximum atomic E-state index is 11.8. The summed E-state index contributed by atoms with van der Waals surface area (Å²) < 4.78 is 4.70. The molecule has 0 unspecified atom stereocenters. The number of benzene rings is 1. The number of ketones is 1. The third-order valence-corrected chi connectivity index (χ3v) is 2.38. The number of aromatic hydroxyl groups is 1. The number of Topliss-reactive ketones (excluding diaryl/α,β-unsaturated/α-hetero) is 1. The molecule has 84 valence electrons. The first-order chi connectivity index (χ1) is 7.68. The van der Waals surface area contributed by atoms with Gasteiger partial charge in [-0.05, 0) is 12.1 Å². The first-order valence-corrected chi connectivity index (χ1v) is 4.91. The van der Waals surface area contributed by atoms with Gasteiger partial charge in [-0.1, -0.05) is 12.1 Å². The molecular formula is C11H11NO4. The predicted molar refractivity (Wildman–Crippen MR) is 55.4 cm³/mol. The van der Waals surface area contributed by atoms with Crippen LogP contribution >= 0.6 is 0 Å². The number of ether oxygens (including phenoxy) is 1. The molecule has 1 N–H and O–H groups in total. The standard InChI is InChI=1S/C11H11NO4/c13-9-4-2-1-3-8(9)10(14)7-12-5-6-16-11(12)15/h1-4,13H,5-7H2. The lowest BCUT2D eigenvalue weighted by Gasteiger charge is -2.11. The Morgan fingerprint density at radius 3 is 2.81 bits per heavy atom. The van der Waals surface area contributed by atoms with Crippen molar-refractivity contribution in [2.45, 2.75) is 0 Å². The Labute approximate surface area is 92.2 Å². The van der Waals surface area contributed by atoms with Crippen LogP contribution < -0.4 is 0 Å². The van der Waals surface area contributed by atoms with Crippen molar-refractivity contribution in [3.8, 4) is 5.75 Å². The molecular weight excluding hydrogens is 210 g/mol. The molecule has 16 heavy (non-hydrogen) atoms. The van der Waals surface area contributed by atoms with Gasteiger partial charge in [0, 0.05) is 0 Å². The van der Waals surface area contributed by atoms with Crippen molar-refractivity contribution in [3.05, 3.63) is 29.8 Å². The van der Waals surface area contributed by atoms with Crippen LogP contribution in [0.1, 0.15) is 10.4 Å². The molecule has 0 bridgehead atoms. The second-order valence-electron chi connectivity index (χ2n) is 3.48. The van der Waals surface area contributed by atoms with E-state index in [1.807, 2.05) is 0 Å². The summed E-state index contributed by atoms with van der Waals surface area (Å²) in [5.41, 5.74) is 0.224. The summed E-state index contributed by atoms with van der Waals surface area (Å²) in [6.07, 6.45) is -0.483. The number of rotatable bonds is 3. The number of phenolic OH excluding ortho intramolecular Hbond substituents is 1. The fourth-order valence-corrected chi connectivity index (χ4v) is 1.54. The van der Waals surface area contributed by atoms with E-state index in [2.05, 4.69) is 0 Å². The van der Waals surface area contributed by atoms with E-state index in [9.17, 15) is 14.7 Å². The van der Waals surface area contributed by atoms with Gasteiger partial charge in [-0.2, -0.15) is 0 Å². The molecule has 5 heteroatoms. The molecule has 1 amide bonds. The third kappa shape index (κ3) is 1.98. The van der Waals surface area contributed by atoms with Crippen molar-refractivity contribution < 1.29 is 19.4 Å². The number of hydrogen-bond acceptors (Lipinski definition) is 4. The van der Waals surface area contributed by atoms with Crippen LogP contribution in [0.4, 0.5) is 4.79 Å². The molecule has 0 aliphatic carbocycles. The third-order valence-electron chi connectivity index (χ3n) is 2.38. The van der Waals surface area contributed by atoms with Crippen LogP contribution in [-0.4, -0.2) is 41.6 Å². The highest BCUT2D eigenvalue weighted by Crippen LogP contribution is 2.17. The second kappa shape index (κ2) is 4.22. The average Bonchev–Trinajstić information content (AvgIpc) is 2.65. The number of phenols is 1. The van der Waals surface area contributed by atoms with Gasteiger partial charge < -0.3 is 9.84 Å². The Morgan fingerprint density at radius 1 is 1.44 bits per heavy atom. The van der Waals surface area contributed by atoms with Crippen molar-refractivity contribution in [1.82, 2.24) is 4.90 Å². The lowest BCUT2D eigenvalue weighted by atomic mass is 10.1. The molecule has 0 aromatic heterocycles. The quantitative estimate of drug-likeness (QED) is 0.774. The number of hydrogen-bond donors (Lipinski definition) is 1. The molecule has 1 aromatic rings. The molecule has 0 atom stereocenters. The monoisotopic (exact) mass is 221 g/mol. The van der Waals surface area contributed by atoms with Crippen molar-refractivity contribution in [2.75, 3.05) is 19.7 Å². The highest BCUT2D eigenvalue weighted by molar-refractivity contribution is 6.01. The van der Waals surface area contributed by atoms with Gasteiger partial charge in [0.25, 0.3) is 0 Å². The zero-order valence-corrected chi connectivity index (χ0v) is 8.55. The summed E-state index contributed by atoms with van der Waals surface area (Å²) in [6.45, 7) is 0.668. The molecule has 1 aliphatic heterocycles. The predicted octanol–water partition coefficient (Wildman–Crippen LogP) is 1.03. The smallest absolute Gasteiger partial charge is 0.410 e. The van der Waals surface area contributed by atoms with Crippen molar-refractivity contribution in [3.63, 3.8) is 0 Å². The Morgan fingerprint density at radius 2 is 2.19 bits per heavy atom. The number of carbonyl (C=O) groups excluding carboxylic acids is 2. The minimum atomic E-state index is -0.483. The zero-order valence-electron chi connectivity index (χ0n) is 8.55. The van der Waals surface area contributed by atoms with Gasteiger partial charge in [-0.15, -0.1) is 0 Å².